The molecule has 0 saturated carbocycles. The van der Waals surface area contributed by atoms with Crippen LogP contribution in [0.2, 0.25) is 0 Å². The molecule has 0 aliphatic carbocycles. The molecule has 1 amide bonds. The van der Waals surface area contributed by atoms with Crippen LogP contribution in [0.15, 0.2) is 24.3 Å². The van der Waals surface area contributed by atoms with E-state index in [0.29, 0.717) is 0 Å². The molecule has 1 saturated heterocycles. The van der Waals surface area contributed by atoms with Crippen LogP contribution < -0.4 is 5.32 Å². The minimum absolute atomic E-state index is 0.0636. The first-order valence-corrected chi connectivity index (χ1v) is 7.49. The lowest BCUT2D eigenvalue weighted by Gasteiger charge is -2.24. The zero-order valence-electron chi connectivity index (χ0n) is 13.1. The van der Waals surface area contributed by atoms with E-state index in [1.54, 1.807) is 0 Å². The highest BCUT2D eigenvalue weighted by Gasteiger charge is 2.23. The topological polar surface area (TPSA) is 32.3 Å². The summed E-state index contributed by atoms with van der Waals surface area (Å²) in [5.41, 5.74) is 2.72. The molecule has 0 spiro atoms. The summed E-state index contributed by atoms with van der Waals surface area (Å²) in [5.74, 6) is 0.211. The van der Waals surface area contributed by atoms with Crippen LogP contribution in [0.5, 0.6) is 0 Å². The second-order valence-corrected chi connectivity index (χ2v) is 6.74. The lowest BCUT2D eigenvalue weighted by Crippen LogP contribution is -2.41. The van der Waals surface area contributed by atoms with Crippen molar-refractivity contribution in [3.63, 3.8) is 0 Å². The molecule has 1 aromatic carbocycles. The lowest BCUT2D eigenvalue weighted by atomic mass is 9.87. The van der Waals surface area contributed by atoms with Crippen LogP contribution in [0.4, 0.5) is 0 Å². The quantitative estimate of drug-likeness (QED) is 0.899. The van der Waals surface area contributed by atoms with Crippen molar-refractivity contribution in [2.75, 3.05) is 13.1 Å². The van der Waals surface area contributed by atoms with Gasteiger partial charge in [0.1, 0.15) is 0 Å². The van der Waals surface area contributed by atoms with E-state index >= 15 is 0 Å². The van der Waals surface area contributed by atoms with Gasteiger partial charge in [-0.05, 0) is 36.4 Å². The van der Waals surface area contributed by atoms with Gasteiger partial charge in [0.2, 0.25) is 5.91 Å². The monoisotopic (exact) mass is 274 g/mol. The van der Waals surface area contributed by atoms with Crippen LogP contribution in [-0.2, 0) is 16.8 Å². The molecule has 1 aliphatic rings. The molecule has 3 nitrogen and oxygen atoms in total. The number of carbonyl (C=O) groups is 1. The van der Waals surface area contributed by atoms with Gasteiger partial charge in [-0.15, -0.1) is 0 Å². The number of nitrogens with one attached hydrogen (secondary N) is 1. The van der Waals surface area contributed by atoms with Gasteiger partial charge < -0.3 is 10.2 Å². The summed E-state index contributed by atoms with van der Waals surface area (Å²) in [7, 11) is 0. The highest BCUT2D eigenvalue weighted by molar-refractivity contribution is 5.81. The van der Waals surface area contributed by atoms with E-state index in [1.165, 1.54) is 11.1 Å². The Kier molecular flexibility index (Phi) is 4.48. The molecule has 20 heavy (non-hydrogen) atoms. The van der Waals surface area contributed by atoms with Gasteiger partial charge >= 0.3 is 0 Å². The van der Waals surface area contributed by atoms with Gasteiger partial charge in [0.15, 0.2) is 0 Å². The summed E-state index contributed by atoms with van der Waals surface area (Å²) in [6.07, 6.45) is 1.02. The molecule has 1 aromatic rings. The zero-order chi connectivity index (χ0) is 14.8. The van der Waals surface area contributed by atoms with Crippen LogP contribution in [-0.4, -0.2) is 29.9 Å². The van der Waals surface area contributed by atoms with Gasteiger partial charge in [0.05, 0.1) is 6.04 Å². The van der Waals surface area contributed by atoms with E-state index in [0.717, 1.165) is 26.1 Å². The Labute approximate surface area is 122 Å². The van der Waals surface area contributed by atoms with Crippen molar-refractivity contribution in [2.24, 2.45) is 0 Å². The third-order valence-electron chi connectivity index (χ3n) is 3.93. The van der Waals surface area contributed by atoms with Gasteiger partial charge in [0, 0.05) is 13.1 Å². The molecular weight excluding hydrogens is 248 g/mol. The highest BCUT2D eigenvalue weighted by Crippen LogP contribution is 2.22. The van der Waals surface area contributed by atoms with Crippen LogP contribution in [0, 0.1) is 0 Å². The number of nitrogens with zero attached hydrogens (tertiary/aromatic N) is 1. The fraction of sp³-hybridized carbons (Fsp3) is 0.588. The Balaban J connectivity index is 2.07. The normalized spacial score (nSPS) is 20.9. The molecule has 1 aliphatic heterocycles. The first-order valence-electron chi connectivity index (χ1n) is 7.49. The van der Waals surface area contributed by atoms with E-state index in [2.05, 4.69) is 50.4 Å². The smallest absolute Gasteiger partial charge is 0.239 e. The van der Waals surface area contributed by atoms with Crippen molar-refractivity contribution in [1.82, 2.24) is 10.2 Å². The molecule has 0 radical (unpaired) electrons. The second-order valence-electron chi connectivity index (χ2n) is 6.74. The van der Waals surface area contributed by atoms with Crippen molar-refractivity contribution >= 4 is 5.91 Å². The van der Waals surface area contributed by atoms with Crippen molar-refractivity contribution in [2.45, 2.75) is 52.1 Å². The lowest BCUT2D eigenvalue weighted by molar-refractivity contribution is -0.132. The Morgan fingerprint density at radius 1 is 1.25 bits per heavy atom. The maximum atomic E-state index is 12.2. The summed E-state index contributed by atoms with van der Waals surface area (Å²) in [6, 6.07) is 8.60. The zero-order valence-corrected chi connectivity index (χ0v) is 13.1. The molecule has 0 bridgehead atoms. The van der Waals surface area contributed by atoms with Gasteiger partial charge in [-0.1, -0.05) is 45.0 Å². The van der Waals surface area contributed by atoms with Crippen LogP contribution in [0.1, 0.15) is 45.2 Å². The standard InChI is InChI=1S/C17H26N2O/c1-13-16(20)19(11-5-10-18-13)12-14-6-8-15(9-7-14)17(2,3)4/h6-9,13,18H,5,10-12H2,1-4H3. The predicted octanol–water partition coefficient (Wildman–Crippen LogP) is 2.69. The Bertz CT molecular complexity index is 459. The average Bonchev–Trinajstić information content (AvgIpc) is 2.54. The minimum atomic E-state index is -0.0636. The van der Waals surface area contributed by atoms with Crippen LogP contribution in [0.3, 0.4) is 0 Å². The molecule has 1 atom stereocenters. The maximum Gasteiger partial charge on any atom is 0.239 e. The van der Waals surface area contributed by atoms with Crippen LogP contribution in [0.25, 0.3) is 0 Å². The van der Waals surface area contributed by atoms with E-state index in [1.807, 2.05) is 11.8 Å². The summed E-state index contributed by atoms with van der Waals surface area (Å²) >= 11 is 0. The fourth-order valence-corrected chi connectivity index (χ4v) is 2.55. The Morgan fingerprint density at radius 3 is 2.50 bits per heavy atom. The number of benzene rings is 1. The molecule has 1 heterocycles. The largest absolute Gasteiger partial charge is 0.337 e. The summed E-state index contributed by atoms with van der Waals surface area (Å²) in [5, 5.41) is 3.25. The molecule has 3 heteroatoms. The molecule has 1 N–H and O–H groups in total. The Morgan fingerprint density at radius 2 is 1.90 bits per heavy atom. The van der Waals surface area contributed by atoms with Crippen molar-refractivity contribution < 1.29 is 4.79 Å². The van der Waals surface area contributed by atoms with E-state index in [-0.39, 0.29) is 17.4 Å². The van der Waals surface area contributed by atoms with Gasteiger partial charge in [-0.2, -0.15) is 0 Å². The molecular formula is C17H26N2O. The molecule has 2 rings (SSSR count). The SMILES string of the molecule is CC1NCCCN(Cc2ccc(C(C)(C)C)cc2)C1=O. The van der Waals surface area contributed by atoms with Crippen LogP contribution >= 0.6 is 0 Å². The summed E-state index contributed by atoms with van der Waals surface area (Å²) in [6.45, 7) is 11.1. The Hall–Kier alpha value is -1.35. The molecule has 1 unspecified atom stereocenters. The molecule has 110 valence electrons. The predicted molar refractivity (Wildman–Crippen MR) is 82.6 cm³/mol. The third-order valence-corrected chi connectivity index (χ3v) is 3.93. The highest BCUT2D eigenvalue weighted by atomic mass is 16.2. The number of amides is 1. The first kappa shape index (κ1) is 15.0. The van der Waals surface area contributed by atoms with Gasteiger partial charge in [-0.25, -0.2) is 0 Å². The second kappa shape index (κ2) is 5.96. The van der Waals surface area contributed by atoms with Gasteiger partial charge in [0.25, 0.3) is 0 Å². The fourth-order valence-electron chi connectivity index (χ4n) is 2.55. The van der Waals surface area contributed by atoms with E-state index in [4.69, 9.17) is 0 Å². The number of carbonyl (C=O) groups excluding carboxylic acids is 1. The first-order chi connectivity index (χ1) is 9.38. The van der Waals surface area contributed by atoms with E-state index in [9.17, 15) is 4.79 Å². The number of rotatable bonds is 2. The van der Waals surface area contributed by atoms with Gasteiger partial charge in [-0.3, -0.25) is 4.79 Å². The van der Waals surface area contributed by atoms with Crippen molar-refractivity contribution in [3.05, 3.63) is 35.4 Å². The van der Waals surface area contributed by atoms with Crippen molar-refractivity contribution in [3.8, 4) is 0 Å². The van der Waals surface area contributed by atoms with E-state index < -0.39 is 0 Å². The number of hydrogen-bond donors (Lipinski definition) is 1. The van der Waals surface area contributed by atoms with Crippen molar-refractivity contribution in [1.29, 1.82) is 0 Å². The molecule has 0 aromatic heterocycles. The number of hydrogen-bond acceptors (Lipinski definition) is 2. The third kappa shape index (κ3) is 3.60. The minimum Gasteiger partial charge on any atom is -0.337 e. The molecule has 1 fully saturated rings. The maximum absolute atomic E-state index is 12.2. The average molecular weight is 274 g/mol. The summed E-state index contributed by atoms with van der Waals surface area (Å²) < 4.78 is 0. The summed E-state index contributed by atoms with van der Waals surface area (Å²) in [4.78, 5) is 14.2.